The van der Waals surface area contributed by atoms with Crippen molar-refractivity contribution in [2.24, 2.45) is 11.5 Å². The third kappa shape index (κ3) is 3.73. The van der Waals surface area contributed by atoms with Gasteiger partial charge in [-0.3, -0.25) is 9.00 Å². The van der Waals surface area contributed by atoms with Crippen LogP contribution in [0.2, 0.25) is 0 Å². The van der Waals surface area contributed by atoms with Gasteiger partial charge in [0.1, 0.15) is 0 Å². The van der Waals surface area contributed by atoms with Crippen LogP contribution in [0.15, 0.2) is 0 Å². The predicted molar refractivity (Wildman–Crippen MR) is 56.1 cm³/mol. The van der Waals surface area contributed by atoms with Gasteiger partial charge >= 0.3 is 0 Å². The molecule has 0 spiro atoms. The number of amides is 1. The molecule has 1 fully saturated rings. The molecule has 1 aliphatic rings. The van der Waals surface area contributed by atoms with E-state index in [1.807, 2.05) is 0 Å². The second-order valence-electron chi connectivity index (χ2n) is 3.54. The minimum Gasteiger partial charge on any atom is -0.368 e. The van der Waals surface area contributed by atoms with Gasteiger partial charge in [-0.1, -0.05) is 0 Å². The van der Waals surface area contributed by atoms with Crippen molar-refractivity contribution in [1.29, 1.82) is 0 Å². The van der Waals surface area contributed by atoms with Gasteiger partial charge in [-0.2, -0.15) is 0 Å². The molecule has 1 rings (SSSR count). The third-order valence-corrected chi connectivity index (χ3v) is 3.76. The zero-order valence-electron chi connectivity index (χ0n) is 8.07. The van der Waals surface area contributed by atoms with Gasteiger partial charge in [0.2, 0.25) is 5.91 Å². The van der Waals surface area contributed by atoms with Crippen LogP contribution in [-0.4, -0.2) is 40.3 Å². The molecular formula is C8H17N3O2S. The summed E-state index contributed by atoms with van der Waals surface area (Å²) < 4.78 is 11.0. The molecule has 5 N–H and O–H groups in total. The van der Waals surface area contributed by atoms with E-state index in [1.54, 1.807) is 0 Å². The number of hydrogen-bond acceptors (Lipinski definition) is 4. The van der Waals surface area contributed by atoms with Crippen molar-refractivity contribution >= 4 is 16.7 Å². The molecule has 6 heteroatoms. The molecule has 1 saturated heterocycles. The van der Waals surface area contributed by atoms with Crippen molar-refractivity contribution in [3.8, 4) is 0 Å². The van der Waals surface area contributed by atoms with Crippen LogP contribution < -0.4 is 16.8 Å². The second-order valence-corrected chi connectivity index (χ2v) is 5.24. The van der Waals surface area contributed by atoms with E-state index < -0.39 is 22.7 Å². The summed E-state index contributed by atoms with van der Waals surface area (Å²) >= 11 is 0. The number of nitrogens with two attached hydrogens (primary N) is 2. The lowest BCUT2D eigenvalue weighted by molar-refractivity contribution is -0.119. The second kappa shape index (κ2) is 5.43. The Hall–Kier alpha value is -0.460. The smallest absolute Gasteiger partial charge is 0.235 e. The van der Waals surface area contributed by atoms with Crippen molar-refractivity contribution in [2.45, 2.75) is 24.9 Å². The molecule has 1 aliphatic heterocycles. The molecule has 82 valence electrons. The first kappa shape index (κ1) is 11.6. The molecular weight excluding hydrogens is 202 g/mol. The van der Waals surface area contributed by atoms with Crippen LogP contribution in [0.3, 0.4) is 0 Å². The molecule has 1 amide bonds. The van der Waals surface area contributed by atoms with Gasteiger partial charge in [0.25, 0.3) is 0 Å². The quantitative estimate of drug-likeness (QED) is 0.525. The predicted octanol–water partition coefficient (Wildman–Crippen LogP) is -1.70. The van der Waals surface area contributed by atoms with Crippen molar-refractivity contribution < 1.29 is 9.00 Å². The van der Waals surface area contributed by atoms with Crippen molar-refractivity contribution in [3.05, 3.63) is 0 Å². The zero-order valence-corrected chi connectivity index (χ0v) is 8.89. The van der Waals surface area contributed by atoms with Gasteiger partial charge in [-0.25, -0.2) is 0 Å². The van der Waals surface area contributed by atoms with E-state index in [2.05, 4.69) is 5.32 Å². The average Bonchev–Trinajstić information content (AvgIpc) is 2.16. The molecule has 1 unspecified atom stereocenters. The van der Waals surface area contributed by atoms with Crippen LogP contribution in [-0.2, 0) is 15.6 Å². The van der Waals surface area contributed by atoms with Crippen LogP contribution in [0.5, 0.6) is 0 Å². The average molecular weight is 219 g/mol. The fraction of sp³-hybridized carbons (Fsp3) is 0.875. The summed E-state index contributed by atoms with van der Waals surface area (Å²) in [5, 5.41) is 3.16. The van der Waals surface area contributed by atoms with Crippen LogP contribution >= 0.6 is 0 Å². The first-order valence-electron chi connectivity index (χ1n) is 4.73. The summed E-state index contributed by atoms with van der Waals surface area (Å²) in [7, 11) is -0.647. The lowest BCUT2D eigenvalue weighted by atomic mass is 10.1. The van der Waals surface area contributed by atoms with E-state index in [-0.39, 0.29) is 0 Å². The first-order chi connectivity index (χ1) is 6.59. The van der Waals surface area contributed by atoms with E-state index in [4.69, 9.17) is 11.5 Å². The highest BCUT2D eigenvalue weighted by Gasteiger charge is 2.18. The Morgan fingerprint density at radius 2 is 2.07 bits per heavy atom. The summed E-state index contributed by atoms with van der Waals surface area (Å²) in [5.41, 5.74) is 10.5. The number of nitrogens with one attached hydrogen (secondary N) is 1. The number of primary amides is 1. The molecule has 0 aromatic heterocycles. The minimum absolute atomic E-state index is 0.332. The molecule has 0 radical (unpaired) electrons. The van der Waals surface area contributed by atoms with E-state index in [9.17, 15) is 9.00 Å². The zero-order chi connectivity index (χ0) is 10.6. The van der Waals surface area contributed by atoms with Gasteiger partial charge in [0, 0.05) is 34.9 Å². The Kier molecular flexibility index (Phi) is 4.50. The summed E-state index contributed by atoms with van der Waals surface area (Å²) in [4.78, 5) is 10.6. The Morgan fingerprint density at radius 3 is 2.57 bits per heavy atom. The maximum Gasteiger partial charge on any atom is 0.235 e. The molecule has 1 atom stereocenters. The lowest BCUT2D eigenvalue weighted by Crippen LogP contribution is -2.48. The fourth-order valence-corrected chi connectivity index (χ4v) is 2.69. The monoisotopic (exact) mass is 219 g/mol. The number of rotatable bonds is 4. The van der Waals surface area contributed by atoms with Gasteiger partial charge in [-0.05, 0) is 12.8 Å². The van der Waals surface area contributed by atoms with E-state index in [0.717, 1.165) is 24.3 Å². The first-order valence-corrected chi connectivity index (χ1v) is 6.21. The van der Waals surface area contributed by atoms with Crippen molar-refractivity contribution in [1.82, 2.24) is 5.32 Å². The van der Waals surface area contributed by atoms with Gasteiger partial charge in [-0.15, -0.1) is 0 Å². The van der Waals surface area contributed by atoms with Crippen molar-refractivity contribution in [3.63, 3.8) is 0 Å². The standard InChI is InChI=1S/C8H17N3O2S/c9-7(8(10)12)5-11-6-1-3-14(13)4-2-6/h6-7,11H,1-5,9H2,(H2,10,12). The molecule has 0 bridgehead atoms. The number of carbonyl (C=O) groups excluding carboxylic acids is 1. The molecule has 5 nitrogen and oxygen atoms in total. The molecule has 0 aromatic rings. The minimum atomic E-state index is -0.647. The molecule has 0 aromatic carbocycles. The van der Waals surface area contributed by atoms with E-state index in [0.29, 0.717) is 12.6 Å². The van der Waals surface area contributed by atoms with Crippen LogP contribution in [0.4, 0.5) is 0 Å². The van der Waals surface area contributed by atoms with Crippen LogP contribution in [0.25, 0.3) is 0 Å². The van der Waals surface area contributed by atoms with Crippen molar-refractivity contribution in [2.75, 3.05) is 18.1 Å². The maximum absolute atomic E-state index is 11.0. The number of carbonyl (C=O) groups is 1. The SMILES string of the molecule is NC(=O)C(N)CNC1CCS(=O)CC1. The molecule has 0 aliphatic carbocycles. The third-order valence-electron chi connectivity index (χ3n) is 2.38. The maximum atomic E-state index is 11.0. The Labute approximate surface area is 86.1 Å². The highest BCUT2D eigenvalue weighted by Crippen LogP contribution is 2.08. The van der Waals surface area contributed by atoms with E-state index >= 15 is 0 Å². The van der Waals surface area contributed by atoms with E-state index in [1.165, 1.54) is 0 Å². The number of hydrogen-bond donors (Lipinski definition) is 3. The van der Waals surface area contributed by atoms with Gasteiger partial charge in [0.05, 0.1) is 6.04 Å². The Morgan fingerprint density at radius 1 is 1.50 bits per heavy atom. The Balaban J connectivity index is 2.19. The van der Waals surface area contributed by atoms with Gasteiger partial charge < -0.3 is 16.8 Å². The molecule has 0 saturated carbocycles. The van der Waals surface area contributed by atoms with Crippen LogP contribution in [0.1, 0.15) is 12.8 Å². The van der Waals surface area contributed by atoms with Gasteiger partial charge in [0.15, 0.2) is 0 Å². The highest BCUT2D eigenvalue weighted by atomic mass is 32.2. The lowest BCUT2D eigenvalue weighted by Gasteiger charge is -2.23. The summed E-state index contributed by atoms with van der Waals surface area (Å²) in [5.74, 6) is 0.990. The summed E-state index contributed by atoms with van der Waals surface area (Å²) in [6.07, 6.45) is 1.77. The normalized spacial score (nSPS) is 29.8. The highest BCUT2D eigenvalue weighted by molar-refractivity contribution is 7.85. The molecule has 1 heterocycles. The topological polar surface area (TPSA) is 98.2 Å². The molecule has 14 heavy (non-hydrogen) atoms. The summed E-state index contributed by atoms with van der Waals surface area (Å²) in [6, 6.07) is -0.291. The Bertz CT molecular complexity index is 225. The van der Waals surface area contributed by atoms with Crippen LogP contribution in [0, 0.1) is 0 Å². The summed E-state index contributed by atoms with van der Waals surface area (Å²) in [6.45, 7) is 0.409. The largest absolute Gasteiger partial charge is 0.368 e. The fourth-order valence-electron chi connectivity index (χ4n) is 1.39.